The second kappa shape index (κ2) is 9.02. The molecular formula is C29H28FN3O2. The number of allylic oxidation sites excluding steroid dienone is 1. The molecule has 0 fully saturated rings. The third-order valence-electron chi connectivity index (χ3n) is 6.54. The van der Waals surface area contributed by atoms with Gasteiger partial charge in [-0.15, -0.1) is 0 Å². The van der Waals surface area contributed by atoms with Gasteiger partial charge in [-0.3, -0.25) is 9.59 Å². The van der Waals surface area contributed by atoms with Gasteiger partial charge in [-0.25, -0.2) is 4.39 Å². The highest BCUT2D eigenvalue weighted by Gasteiger charge is 2.41. The number of amides is 1. The normalized spacial score (nSPS) is 18.8. The van der Waals surface area contributed by atoms with Crippen molar-refractivity contribution in [3.63, 3.8) is 0 Å². The van der Waals surface area contributed by atoms with Crippen molar-refractivity contribution in [3.05, 3.63) is 102 Å². The molecule has 178 valence electrons. The van der Waals surface area contributed by atoms with Gasteiger partial charge >= 0.3 is 0 Å². The summed E-state index contributed by atoms with van der Waals surface area (Å²) in [7, 11) is 0. The van der Waals surface area contributed by atoms with Crippen LogP contribution < -0.4 is 15.5 Å². The Balaban J connectivity index is 1.62. The number of hydrogen-bond acceptors (Lipinski definition) is 4. The fraction of sp³-hybridized carbons (Fsp3) is 0.241. The number of carbonyl (C=O) groups is 2. The maximum Gasteiger partial charge on any atom is 0.243 e. The Morgan fingerprint density at radius 1 is 1.03 bits per heavy atom. The third-order valence-corrected chi connectivity index (χ3v) is 6.54. The van der Waals surface area contributed by atoms with Crippen molar-refractivity contribution in [2.45, 2.75) is 32.7 Å². The maximum atomic E-state index is 13.7. The van der Waals surface area contributed by atoms with E-state index in [0.717, 1.165) is 29.1 Å². The quantitative estimate of drug-likeness (QED) is 0.486. The molecule has 0 aromatic heterocycles. The first kappa shape index (κ1) is 22.8. The van der Waals surface area contributed by atoms with Crippen molar-refractivity contribution in [3.8, 4) is 0 Å². The van der Waals surface area contributed by atoms with E-state index >= 15 is 0 Å². The summed E-state index contributed by atoms with van der Waals surface area (Å²) < 4.78 is 13.7. The molecule has 1 aliphatic heterocycles. The minimum Gasteiger partial charge on any atom is -0.357 e. The molecule has 1 atom stereocenters. The fourth-order valence-corrected chi connectivity index (χ4v) is 5.13. The number of ketones is 1. The highest BCUT2D eigenvalue weighted by molar-refractivity contribution is 6.02. The first-order chi connectivity index (χ1) is 16.8. The standard InChI is InChI=1S/C29H28FN3O2/c1-29(2)16-23-27(25(34)17-29)28(19-9-4-3-5-10-19)33(24-14-7-6-13-22(24)32-23)18-26(35)31-21-12-8-11-20(30)15-21/h3-15,28,32H,16-18H2,1-2H3,(H,31,35)/t28-/m0/s1. The van der Waals surface area contributed by atoms with E-state index in [9.17, 15) is 14.0 Å². The number of fused-ring (bicyclic) bond motifs is 1. The predicted molar refractivity (Wildman–Crippen MR) is 137 cm³/mol. The Kier molecular flexibility index (Phi) is 5.89. The fourth-order valence-electron chi connectivity index (χ4n) is 5.13. The van der Waals surface area contributed by atoms with Crippen molar-refractivity contribution in [2.24, 2.45) is 5.41 Å². The molecule has 0 unspecified atom stereocenters. The average molecular weight is 470 g/mol. The minimum atomic E-state index is -0.441. The molecule has 5 nitrogen and oxygen atoms in total. The number of hydrogen-bond donors (Lipinski definition) is 2. The van der Waals surface area contributed by atoms with Crippen molar-refractivity contribution < 1.29 is 14.0 Å². The van der Waals surface area contributed by atoms with Crippen molar-refractivity contribution in [1.82, 2.24) is 0 Å². The molecule has 0 radical (unpaired) electrons. The molecule has 5 rings (SSSR count). The predicted octanol–water partition coefficient (Wildman–Crippen LogP) is 6.08. The Labute approximate surface area is 204 Å². The Hall–Kier alpha value is -3.93. The van der Waals surface area contributed by atoms with E-state index in [2.05, 4.69) is 24.5 Å². The molecule has 2 N–H and O–H groups in total. The maximum absolute atomic E-state index is 13.7. The van der Waals surface area contributed by atoms with Gasteiger partial charge < -0.3 is 15.5 Å². The molecular weight excluding hydrogens is 441 g/mol. The molecule has 0 bridgehead atoms. The first-order valence-corrected chi connectivity index (χ1v) is 11.8. The first-order valence-electron chi connectivity index (χ1n) is 11.8. The van der Waals surface area contributed by atoms with Crippen LogP contribution in [0.5, 0.6) is 0 Å². The van der Waals surface area contributed by atoms with Crippen LogP contribution in [0.3, 0.4) is 0 Å². The summed E-state index contributed by atoms with van der Waals surface area (Å²) in [6, 6.07) is 23.0. The molecule has 3 aromatic carbocycles. The van der Waals surface area contributed by atoms with Crippen LogP contribution in [0.25, 0.3) is 0 Å². The number of nitrogens with zero attached hydrogens (tertiary/aromatic N) is 1. The van der Waals surface area contributed by atoms with E-state index < -0.39 is 11.9 Å². The van der Waals surface area contributed by atoms with Gasteiger partial charge in [0.25, 0.3) is 0 Å². The van der Waals surface area contributed by atoms with Crippen LogP contribution >= 0.6 is 0 Å². The SMILES string of the molecule is CC1(C)CC(=O)C2=C(C1)Nc1ccccc1N(CC(=O)Nc1cccc(F)c1)[C@H]2c1ccccc1. The van der Waals surface area contributed by atoms with Gasteiger partial charge in [0.15, 0.2) is 5.78 Å². The second-order valence-corrected chi connectivity index (χ2v) is 9.97. The zero-order valence-corrected chi connectivity index (χ0v) is 19.8. The largest absolute Gasteiger partial charge is 0.357 e. The molecule has 1 heterocycles. The van der Waals surface area contributed by atoms with Crippen LogP contribution in [0.1, 0.15) is 38.3 Å². The van der Waals surface area contributed by atoms with Gasteiger partial charge in [-0.1, -0.05) is 62.4 Å². The molecule has 3 aromatic rings. The lowest BCUT2D eigenvalue weighted by Gasteiger charge is -2.37. The van der Waals surface area contributed by atoms with E-state index in [1.165, 1.54) is 12.1 Å². The highest BCUT2D eigenvalue weighted by atomic mass is 19.1. The minimum absolute atomic E-state index is 0.0117. The van der Waals surface area contributed by atoms with Gasteiger partial charge in [0.05, 0.1) is 24.0 Å². The van der Waals surface area contributed by atoms with Crippen molar-refractivity contribution in [2.75, 3.05) is 22.1 Å². The summed E-state index contributed by atoms with van der Waals surface area (Å²) in [5.41, 5.74) is 4.44. The van der Waals surface area contributed by atoms with E-state index in [-0.39, 0.29) is 23.7 Å². The van der Waals surface area contributed by atoms with Crippen LogP contribution in [0.4, 0.5) is 21.5 Å². The smallest absolute Gasteiger partial charge is 0.243 e. The Morgan fingerprint density at radius 3 is 2.54 bits per heavy atom. The van der Waals surface area contributed by atoms with Crippen molar-refractivity contribution >= 4 is 28.8 Å². The highest BCUT2D eigenvalue weighted by Crippen LogP contribution is 2.48. The molecule has 1 aliphatic carbocycles. The molecule has 6 heteroatoms. The monoisotopic (exact) mass is 469 g/mol. The lowest BCUT2D eigenvalue weighted by molar-refractivity contribution is -0.119. The third kappa shape index (κ3) is 4.69. The number of anilines is 3. The molecule has 2 aliphatic rings. The van der Waals surface area contributed by atoms with Gasteiger partial charge in [-0.2, -0.15) is 0 Å². The molecule has 35 heavy (non-hydrogen) atoms. The van der Waals surface area contributed by atoms with E-state index in [1.54, 1.807) is 12.1 Å². The van der Waals surface area contributed by atoms with Gasteiger partial charge in [0.2, 0.25) is 5.91 Å². The topological polar surface area (TPSA) is 61.4 Å². The average Bonchev–Trinajstić information content (AvgIpc) is 2.93. The Morgan fingerprint density at radius 2 is 1.77 bits per heavy atom. The summed E-state index contributed by atoms with van der Waals surface area (Å²) in [6.07, 6.45) is 1.17. The number of rotatable bonds is 4. The number of para-hydroxylation sites is 2. The number of benzene rings is 3. The zero-order chi connectivity index (χ0) is 24.6. The number of carbonyl (C=O) groups excluding carboxylic acids is 2. The molecule has 0 saturated heterocycles. The molecule has 0 spiro atoms. The lowest BCUT2D eigenvalue weighted by atomic mass is 9.73. The van der Waals surface area contributed by atoms with Crippen LogP contribution in [-0.2, 0) is 9.59 Å². The van der Waals surface area contributed by atoms with Gasteiger partial charge in [-0.05, 0) is 47.7 Å². The Bertz CT molecular complexity index is 1320. The van der Waals surface area contributed by atoms with E-state index in [1.807, 2.05) is 59.5 Å². The van der Waals surface area contributed by atoms with Crippen LogP contribution in [0, 0.1) is 11.2 Å². The summed E-state index contributed by atoms with van der Waals surface area (Å²) >= 11 is 0. The molecule has 0 saturated carbocycles. The number of Topliss-reactive ketones (excluding diaryl/α,β-unsaturated/α-hetero) is 1. The zero-order valence-electron chi connectivity index (χ0n) is 19.8. The summed E-state index contributed by atoms with van der Waals surface area (Å²) in [5.74, 6) is -0.626. The van der Waals surface area contributed by atoms with Crippen LogP contribution in [0.15, 0.2) is 90.1 Å². The van der Waals surface area contributed by atoms with Gasteiger partial charge in [0.1, 0.15) is 5.82 Å². The summed E-state index contributed by atoms with van der Waals surface area (Å²) in [5, 5.41) is 6.35. The summed E-state index contributed by atoms with van der Waals surface area (Å²) in [6.45, 7) is 4.20. The van der Waals surface area contributed by atoms with Crippen LogP contribution in [0.2, 0.25) is 0 Å². The van der Waals surface area contributed by atoms with Gasteiger partial charge in [0, 0.05) is 23.4 Å². The van der Waals surface area contributed by atoms with Crippen molar-refractivity contribution in [1.29, 1.82) is 0 Å². The number of halogens is 1. The van der Waals surface area contributed by atoms with E-state index in [0.29, 0.717) is 17.7 Å². The van der Waals surface area contributed by atoms with E-state index in [4.69, 9.17) is 0 Å². The number of nitrogens with one attached hydrogen (secondary N) is 2. The molecule has 1 amide bonds. The second-order valence-electron chi connectivity index (χ2n) is 9.97. The van der Waals surface area contributed by atoms with Crippen LogP contribution in [-0.4, -0.2) is 18.2 Å². The lowest BCUT2D eigenvalue weighted by Crippen LogP contribution is -2.40. The summed E-state index contributed by atoms with van der Waals surface area (Å²) in [4.78, 5) is 28.8.